The minimum Gasteiger partial charge on any atom is -0.291 e. The summed E-state index contributed by atoms with van der Waals surface area (Å²) in [5.74, 6) is -0.385. The number of hydrogen-bond acceptors (Lipinski definition) is 6. The molecule has 1 atom stereocenters. The number of rotatable bonds is 6. The summed E-state index contributed by atoms with van der Waals surface area (Å²) in [6, 6.07) is 4.38. The Morgan fingerprint density at radius 2 is 2.00 bits per heavy atom. The highest BCUT2D eigenvalue weighted by Gasteiger charge is 2.23. The standard InChI is InChI=1S/C16H15Cl2N7O3/c1-9-14(25(27)28)7-24(21-9)10(2)15(26)20-16-19-8-23(22-16)6-11-12(17)4-3-5-13(11)18/h3-5,7-8,10H,6H2,1-2H3,(H,20,22,26). The lowest BCUT2D eigenvalue weighted by Gasteiger charge is -2.10. The van der Waals surface area contributed by atoms with Crippen molar-refractivity contribution in [2.75, 3.05) is 5.32 Å². The van der Waals surface area contributed by atoms with Gasteiger partial charge in [0, 0.05) is 15.6 Å². The number of nitrogens with zero attached hydrogens (tertiary/aromatic N) is 6. The summed E-state index contributed by atoms with van der Waals surface area (Å²) in [5, 5.41) is 22.7. The maximum atomic E-state index is 12.4. The van der Waals surface area contributed by atoms with E-state index < -0.39 is 16.9 Å². The molecule has 3 rings (SSSR count). The molecule has 1 N–H and O–H groups in total. The van der Waals surface area contributed by atoms with E-state index >= 15 is 0 Å². The van der Waals surface area contributed by atoms with E-state index in [1.807, 2.05) is 0 Å². The number of aryl methyl sites for hydroxylation is 1. The molecular formula is C16H15Cl2N7O3. The van der Waals surface area contributed by atoms with Crippen LogP contribution in [0.5, 0.6) is 0 Å². The smallest absolute Gasteiger partial charge is 0.291 e. The van der Waals surface area contributed by atoms with Gasteiger partial charge in [-0.1, -0.05) is 29.3 Å². The Morgan fingerprint density at radius 1 is 1.32 bits per heavy atom. The van der Waals surface area contributed by atoms with Gasteiger partial charge in [0.1, 0.15) is 24.3 Å². The van der Waals surface area contributed by atoms with Gasteiger partial charge in [-0.3, -0.25) is 24.9 Å². The predicted octanol–water partition coefficient (Wildman–Crippen LogP) is 3.25. The topological polar surface area (TPSA) is 121 Å². The van der Waals surface area contributed by atoms with E-state index in [0.29, 0.717) is 15.6 Å². The van der Waals surface area contributed by atoms with Gasteiger partial charge in [-0.15, -0.1) is 5.10 Å². The van der Waals surface area contributed by atoms with Gasteiger partial charge in [0.15, 0.2) is 0 Å². The normalized spacial score (nSPS) is 12.0. The van der Waals surface area contributed by atoms with Gasteiger partial charge in [0.25, 0.3) is 5.91 Å². The third kappa shape index (κ3) is 4.12. The van der Waals surface area contributed by atoms with Gasteiger partial charge in [0.05, 0.1) is 11.5 Å². The summed E-state index contributed by atoms with van der Waals surface area (Å²) < 4.78 is 2.71. The molecule has 0 spiro atoms. The van der Waals surface area contributed by atoms with Crippen molar-refractivity contribution >= 4 is 40.7 Å². The number of nitro groups is 1. The first-order valence-electron chi connectivity index (χ1n) is 8.09. The first-order valence-corrected chi connectivity index (χ1v) is 8.85. The molecule has 146 valence electrons. The zero-order valence-corrected chi connectivity index (χ0v) is 16.3. The van der Waals surface area contributed by atoms with Gasteiger partial charge in [0.2, 0.25) is 5.95 Å². The lowest BCUT2D eigenvalue weighted by molar-refractivity contribution is -0.385. The van der Waals surface area contributed by atoms with Crippen molar-refractivity contribution in [2.24, 2.45) is 0 Å². The van der Waals surface area contributed by atoms with E-state index in [2.05, 4.69) is 20.5 Å². The number of amides is 1. The molecule has 2 aromatic heterocycles. The largest absolute Gasteiger partial charge is 0.309 e. The van der Waals surface area contributed by atoms with Gasteiger partial charge in [-0.25, -0.2) is 9.67 Å². The Hall–Kier alpha value is -2.98. The fourth-order valence-corrected chi connectivity index (χ4v) is 2.97. The molecule has 12 heteroatoms. The average Bonchev–Trinajstić information content (AvgIpc) is 3.24. The number of halogens is 2. The SMILES string of the molecule is Cc1nn(C(C)C(=O)Nc2ncn(Cc3c(Cl)cccc3Cl)n2)cc1[N+](=O)[O-]. The minimum atomic E-state index is -0.794. The summed E-state index contributed by atoms with van der Waals surface area (Å²) in [7, 11) is 0. The fraction of sp³-hybridized carbons (Fsp3) is 0.250. The van der Waals surface area contributed by atoms with Crippen molar-refractivity contribution in [2.45, 2.75) is 26.4 Å². The quantitative estimate of drug-likeness (QED) is 0.479. The van der Waals surface area contributed by atoms with Crippen molar-refractivity contribution in [3.8, 4) is 0 Å². The van der Waals surface area contributed by atoms with E-state index in [1.54, 1.807) is 25.1 Å². The van der Waals surface area contributed by atoms with Crippen LogP contribution < -0.4 is 5.32 Å². The third-order valence-corrected chi connectivity index (χ3v) is 4.73. The molecule has 0 aliphatic rings. The predicted molar refractivity (Wildman–Crippen MR) is 103 cm³/mol. The molecule has 1 amide bonds. The number of anilines is 1. The summed E-state index contributed by atoms with van der Waals surface area (Å²) in [4.78, 5) is 26.8. The number of carbonyl (C=O) groups excluding carboxylic acids is 1. The van der Waals surface area contributed by atoms with Crippen LogP contribution in [0.2, 0.25) is 10.0 Å². The lowest BCUT2D eigenvalue weighted by Crippen LogP contribution is -2.24. The fourth-order valence-electron chi connectivity index (χ4n) is 2.46. The first-order chi connectivity index (χ1) is 13.3. The minimum absolute atomic E-state index is 0.0819. The zero-order chi connectivity index (χ0) is 20.4. The molecule has 0 saturated heterocycles. The second kappa shape index (κ2) is 7.95. The molecule has 0 fully saturated rings. The number of nitrogens with one attached hydrogen (secondary N) is 1. The molecule has 0 aliphatic heterocycles. The van der Waals surface area contributed by atoms with E-state index in [9.17, 15) is 14.9 Å². The van der Waals surface area contributed by atoms with Crippen LogP contribution in [0.4, 0.5) is 11.6 Å². The summed E-state index contributed by atoms with van der Waals surface area (Å²) in [6.45, 7) is 3.34. The Kier molecular flexibility index (Phi) is 5.61. The van der Waals surface area contributed by atoms with E-state index in [0.717, 1.165) is 0 Å². The van der Waals surface area contributed by atoms with Gasteiger partial charge in [-0.05, 0) is 26.0 Å². The van der Waals surface area contributed by atoms with E-state index in [-0.39, 0.29) is 23.9 Å². The average molecular weight is 424 g/mol. The molecule has 3 aromatic rings. The number of hydrogen-bond donors (Lipinski definition) is 1. The highest BCUT2D eigenvalue weighted by atomic mass is 35.5. The molecule has 0 radical (unpaired) electrons. The van der Waals surface area contributed by atoms with Crippen molar-refractivity contribution < 1.29 is 9.72 Å². The molecule has 28 heavy (non-hydrogen) atoms. The van der Waals surface area contributed by atoms with Crippen LogP contribution >= 0.6 is 23.2 Å². The maximum absolute atomic E-state index is 12.4. The molecule has 0 aliphatic carbocycles. The van der Waals surface area contributed by atoms with E-state index in [4.69, 9.17) is 23.2 Å². The van der Waals surface area contributed by atoms with Crippen molar-refractivity contribution in [1.82, 2.24) is 24.5 Å². The first kappa shape index (κ1) is 19.8. The van der Waals surface area contributed by atoms with Crippen LogP contribution in [0.25, 0.3) is 0 Å². The third-order valence-electron chi connectivity index (χ3n) is 4.02. The van der Waals surface area contributed by atoms with Crippen molar-refractivity contribution in [3.05, 3.63) is 62.1 Å². The van der Waals surface area contributed by atoms with Crippen LogP contribution in [0.1, 0.15) is 24.2 Å². The molecular weight excluding hydrogens is 409 g/mol. The highest BCUT2D eigenvalue weighted by molar-refractivity contribution is 6.35. The molecule has 1 unspecified atom stereocenters. The summed E-state index contributed by atoms with van der Waals surface area (Å²) in [6.07, 6.45) is 2.65. The zero-order valence-electron chi connectivity index (χ0n) is 14.8. The van der Waals surface area contributed by atoms with Gasteiger partial charge < -0.3 is 0 Å². The van der Waals surface area contributed by atoms with Crippen LogP contribution in [0.15, 0.2) is 30.7 Å². The summed E-state index contributed by atoms with van der Waals surface area (Å²) >= 11 is 12.3. The van der Waals surface area contributed by atoms with Gasteiger partial charge in [-0.2, -0.15) is 5.10 Å². The monoisotopic (exact) mass is 423 g/mol. The molecule has 1 aromatic carbocycles. The maximum Gasteiger partial charge on any atom is 0.309 e. The Labute approximate surface area is 169 Å². The Bertz CT molecular complexity index is 1030. The molecule has 10 nitrogen and oxygen atoms in total. The van der Waals surface area contributed by atoms with Crippen LogP contribution in [0, 0.1) is 17.0 Å². The van der Waals surface area contributed by atoms with Crippen molar-refractivity contribution in [3.63, 3.8) is 0 Å². The Balaban J connectivity index is 1.70. The molecule has 2 heterocycles. The van der Waals surface area contributed by atoms with Crippen LogP contribution in [-0.4, -0.2) is 35.4 Å². The van der Waals surface area contributed by atoms with Gasteiger partial charge >= 0.3 is 5.69 Å². The lowest BCUT2D eigenvalue weighted by atomic mass is 10.2. The second-order valence-electron chi connectivity index (χ2n) is 5.97. The highest BCUT2D eigenvalue weighted by Crippen LogP contribution is 2.25. The second-order valence-corrected chi connectivity index (χ2v) is 6.78. The number of aromatic nitrogens is 5. The summed E-state index contributed by atoms with van der Waals surface area (Å²) in [5.41, 5.74) is 0.753. The Morgan fingerprint density at radius 3 is 2.61 bits per heavy atom. The number of carbonyl (C=O) groups is 1. The number of benzene rings is 1. The van der Waals surface area contributed by atoms with E-state index in [1.165, 1.54) is 28.8 Å². The van der Waals surface area contributed by atoms with Crippen LogP contribution in [-0.2, 0) is 11.3 Å². The molecule has 0 bridgehead atoms. The molecule has 0 saturated carbocycles. The van der Waals surface area contributed by atoms with Crippen LogP contribution in [0.3, 0.4) is 0 Å². The van der Waals surface area contributed by atoms with Crippen molar-refractivity contribution in [1.29, 1.82) is 0 Å².